The fourth-order valence-corrected chi connectivity index (χ4v) is 6.70. The van der Waals surface area contributed by atoms with Crippen molar-refractivity contribution in [2.45, 2.75) is 25.4 Å². The predicted octanol–water partition coefficient (Wildman–Crippen LogP) is 9.31. The van der Waals surface area contributed by atoms with Crippen LogP contribution < -0.4 is 5.32 Å². The van der Waals surface area contributed by atoms with Gasteiger partial charge in [-0.1, -0.05) is 147 Å². The molecule has 1 aliphatic heterocycles. The molecule has 1 atom stereocenters. The first-order chi connectivity index (χ1) is 21.1. The third kappa shape index (κ3) is 4.20. The number of aliphatic imine (C=N–C) groups is 2. The normalized spacial score (nSPS) is 16.6. The number of fused-ring (bicyclic) bond motifs is 5. The van der Waals surface area contributed by atoms with Crippen LogP contribution >= 0.6 is 0 Å². The van der Waals surface area contributed by atoms with Crippen molar-refractivity contribution in [3.63, 3.8) is 0 Å². The second-order valence-corrected chi connectivity index (χ2v) is 11.9. The molecule has 1 unspecified atom stereocenters. The fourth-order valence-electron chi connectivity index (χ4n) is 6.70. The second-order valence-electron chi connectivity index (χ2n) is 11.9. The lowest BCUT2D eigenvalue weighted by Gasteiger charge is -2.26. The third-order valence-electron chi connectivity index (χ3n) is 8.95. The first-order valence-electron chi connectivity index (χ1n) is 14.9. The molecule has 8 rings (SSSR count). The summed E-state index contributed by atoms with van der Waals surface area (Å²) in [6.07, 6.45) is -0.367. The highest BCUT2D eigenvalue weighted by atomic mass is 15.2. The number of hydrogen-bond donors (Lipinski definition) is 1. The van der Waals surface area contributed by atoms with Gasteiger partial charge in [-0.05, 0) is 55.8 Å². The molecule has 0 saturated carbocycles. The monoisotopic (exact) mass is 553 g/mol. The highest BCUT2D eigenvalue weighted by Crippen LogP contribution is 2.52. The van der Waals surface area contributed by atoms with Gasteiger partial charge in [0.2, 0.25) is 0 Å². The number of amidine groups is 2. The zero-order chi connectivity index (χ0) is 29.0. The third-order valence-corrected chi connectivity index (χ3v) is 8.95. The summed E-state index contributed by atoms with van der Waals surface area (Å²) in [5.74, 6) is 1.67. The average molecular weight is 554 g/mol. The summed E-state index contributed by atoms with van der Waals surface area (Å²) in [5, 5.41) is 6.10. The van der Waals surface area contributed by atoms with E-state index in [1.165, 1.54) is 44.2 Å². The molecule has 6 aromatic rings. The largest absolute Gasteiger partial charge is 0.324 e. The maximum Gasteiger partial charge on any atom is 0.169 e. The Hall–Kier alpha value is -5.28. The van der Waals surface area contributed by atoms with E-state index in [1.54, 1.807) is 0 Å². The maximum absolute atomic E-state index is 5.29. The number of benzene rings is 6. The van der Waals surface area contributed by atoms with Crippen LogP contribution in [0.15, 0.2) is 150 Å². The van der Waals surface area contributed by atoms with Gasteiger partial charge >= 0.3 is 0 Å². The molecule has 0 amide bonds. The zero-order valence-electron chi connectivity index (χ0n) is 24.3. The molecule has 206 valence electrons. The Bertz CT molecular complexity index is 2050. The number of rotatable bonds is 4. The Morgan fingerprint density at radius 2 is 1.09 bits per heavy atom. The highest BCUT2D eigenvalue weighted by molar-refractivity contribution is 6.21. The first kappa shape index (κ1) is 25.4. The van der Waals surface area contributed by atoms with Crippen molar-refractivity contribution < 1.29 is 0 Å². The predicted molar refractivity (Wildman–Crippen MR) is 179 cm³/mol. The van der Waals surface area contributed by atoms with Crippen LogP contribution in [0.2, 0.25) is 0 Å². The van der Waals surface area contributed by atoms with Crippen molar-refractivity contribution in [3.8, 4) is 22.3 Å². The molecule has 1 aliphatic carbocycles. The molecule has 43 heavy (non-hydrogen) atoms. The maximum atomic E-state index is 5.29. The molecule has 0 fully saturated rings. The highest BCUT2D eigenvalue weighted by Gasteiger charge is 2.37. The van der Waals surface area contributed by atoms with Crippen LogP contribution in [-0.2, 0) is 5.41 Å². The Balaban J connectivity index is 1.30. The fraction of sp³-hybridized carbons (Fsp3) is 0.100. The van der Waals surface area contributed by atoms with Crippen molar-refractivity contribution in [1.82, 2.24) is 5.32 Å². The lowest BCUT2D eigenvalue weighted by Crippen LogP contribution is -2.36. The molecular formula is C40H31N3. The lowest BCUT2D eigenvalue weighted by atomic mass is 9.81. The Morgan fingerprint density at radius 1 is 0.512 bits per heavy atom. The van der Waals surface area contributed by atoms with Crippen LogP contribution in [0.5, 0.6) is 0 Å². The minimum atomic E-state index is -0.367. The quantitative estimate of drug-likeness (QED) is 0.232. The van der Waals surface area contributed by atoms with Crippen LogP contribution in [0.4, 0.5) is 0 Å². The van der Waals surface area contributed by atoms with Crippen molar-refractivity contribution in [2.24, 2.45) is 9.98 Å². The van der Waals surface area contributed by atoms with Crippen LogP contribution in [0, 0.1) is 0 Å². The molecule has 0 radical (unpaired) electrons. The molecule has 3 nitrogen and oxygen atoms in total. The molecule has 0 aromatic heterocycles. The van der Waals surface area contributed by atoms with E-state index in [4.69, 9.17) is 9.98 Å². The Kier molecular flexibility index (Phi) is 5.87. The van der Waals surface area contributed by atoms with Crippen molar-refractivity contribution in [2.75, 3.05) is 0 Å². The minimum absolute atomic E-state index is 0.122. The van der Waals surface area contributed by atoms with Gasteiger partial charge in [0.25, 0.3) is 0 Å². The van der Waals surface area contributed by atoms with Crippen molar-refractivity contribution >= 4 is 22.4 Å². The molecule has 2 aliphatic rings. The molecular weight excluding hydrogens is 522 g/mol. The van der Waals surface area contributed by atoms with Gasteiger partial charge in [0.05, 0.1) is 0 Å². The summed E-state index contributed by atoms with van der Waals surface area (Å²) < 4.78 is 0. The van der Waals surface area contributed by atoms with E-state index in [9.17, 15) is 0 Å². The lowest BCUT2D eigenvalue weighted by molar-refractivity contribution is 0.660. The average Bonchev–Trinajstić information content (AvgIpc) is 3.31. The molecule has 6 aromatic carbocycles. The van der Waals surface area contributed by atoms with Gasteiger partial charge in [-0.25, -0.2) is 9.98 Å². The zero-order valence-corrected chi connectivity index (χ0v) is 24.3. The van der Waals surface area contributed by atoms with Crippen LogP contribution in [0.1, 0.15) is 47.8 Å². The first-order valence-corrected chi connectivity index (χ1v) is 14.9. The standard InChI is InChI=1S/C40H31N3/c1-40(2)34-20-12-11-19-32(34)36-31-18-10-9-17-30(31)33(25-35(36)40)39-42-37(28-15-7-4-8-16-28)41-38(43-39)29-23-21-27(22-24-29)26-13-5-3-6-14-26/h3-25,38H,1-2H3,(H,41,42,43). The summed E-state index contributed by atoms with van der Waals surface area (Å²) in [6.45, 7) is 4.67. The Labute approximate surface area is 252 Å². The summed E-state index contributed by atoms with van der Waals surface area (Å²) in [5.41, 5.74) is 10.8. The second kappa shape index (κ2) is 9.92. The van der Waals surface area contributed by atoms with E-state index >= 15 is 0 Å². The summed E-state index contributed by atoms with van der Waals surface area (Å²) >= 11 is 0. The molecule has 1 heterocycles. The van der Waals surface area contributed by atoms with Crippen molar-refractivity contribution in [3.05, 3.63) is 167 Å². The van der Waals surface area contributed by atoms with E-state index in [0.717, 1.165) is 28.4 Å². The van der Waals surface area contributed by atoms with Gasteiger partial charge in [-0.3, -0.25) is 0 Å². The number of nitrogens with zero attached hydrogens (tertiary/aromatic N) is 2. The molecule has 0 saturated heterocycles. The SMILES string of the molecule is CC1(C)c2ccccc2-c2c1cc(C1=NC(c3ccc(-c4ccccc4)cc3)N=C(c3ccccc3)N1)c1ccccc21. The van der Waals surface area contributed by atoms with Crippen LogP contribution in [0.3, 0.4) is 0 Å². The van der Waals surface area contributed by atoms with E-state index in [1.807, 2.05) is 12.1 Å². The van der Waals surface area contributed by atoms with Gasteiger partial charge in [0.15, 0.2) is 6.17 Å². The molecule has 0 spiro atoms. The van der Waals surface area contributed by atoms with Gasteiger partial charge in [-0.2, -0.15) is 0 Å². The Morgan fingerprint density at radius 3 is 1.84 bits per heavy atom. The van der Waals surface area contributed by atoms with Gasteiger partial charge in [0.1, 0.15) is 11.7 Å². The van der Waals surface area contributed by atoms with Crippen LogP contribution in [0.25, 0.3) is 33.0 Å². The minimum Gasteiger partial charge on any atom is -0.324 e. The summed E-state index contributed by atoms with van der Waals surface area (Å²) in [6, 6.07) is 49.4. The summed E-state index contributed by atoms with van der Waals surface area (Å²) in [7, 11) is 0. The molecule has 0 bridgehead atoms. The van der Waals surface area contributed by atoms with E-state index < -0.39 is 0 Å². The number of nitrogens with one attached hydrogen (secondary N) is 1. The van der Waals surface area contributed by atoms with E-state index in [0.29, 0.717) is 0 Å². The smallest absolute Gasteiger partial charge is 0.169 e. The van der Waals surface area contributed by atoms with Gasteiger partial charge < -0.3 is 5.32 Å². The van der Waals surface area contributed by atoms with E-state index in [-0.39, 0.29) is 11.6 Å². The number of hydrogen-bond acceptors (Lipinski definition) is 3. The molecule has 1 N–H and O–H groups in total. The van der Waals surface area contributed by atoms with Crippen molar-refractivity contribution in [1.29, 1.82) is 0 Å². The molecule has 3 heteroatoms. The van der Waals surface area contributed by atoms with Gasteiger partial charge in [0, 0.05) is 16.5 Å². The van der Waals surface area contributed by atoms with E-state index in [2.05, 4.69) is 147 Å². The summed E-state index contributed by atoms with van der Waals surface area (Å²) in [4.78, 5) is 10.4. The van der Waals surface area contributed by atoms with Gasteiger partial charge in [-0.15, -0.1) is 0 Å². The van der Waals surface area contributed by atoms with Crippen LogP contribution in [-0.4, -0.2) is 11.7 Å². The topological polar surface area (TPSA) is 36.8 Å².